The molecule has 50 valence electrons. The van der Waals surface area contributed by atoms with Crippen LogP contribution in [0, 0.1) is 0 Å². The average Bonchev–Trinajstić information content (AvgIpc) is 1.62. The Morgan fingerprint density at radius 3 is 2.00 bits per heavy atom. The Hall–Kier alpha value is -0.130. The Balaban J connectivity index is 4.04. The molecule has 1 atom stereocenters. The minimum atomic E-state index is -3.48. The SMILES string of the molecule is COC(C)S(N)(=O)=O. The maximum absolute atomic E-state index is 10.2. The van der Waals surface area contributed by atoms with Crippen LogP contribution in [-0.4, -0.2) is 21.0 Å². The molecule has 0 aromatic carbocycles. The number of hydrogen-bond donors (Lipinski definition) is 1. The van der Waals surface area contributed by atoms with Crippen LogP contribution in [0.2, 0.25) is 0 Å². The zero-order chi connectivity index (χ0) is 6.78. The van der Waals surface area contributed by atoms with Crippen LogP contribution in [0.5, 0.6) is 0 Å². The highest BCUT2D eigenvalue weighted by Crippen LogP contribution is 1.91. The topological polar surface area (TPSA) is 69.4 Å². The summed E-state index contributed by atoms with van der Waals surface area (Å²) in [6.07, 6.45) is 0. The average molecular weight is 139 g/mol. The maximum atomic E-state index is 10.2. The first-order valence-corrected chi connectivity index (χ1v) is 3.64. The highest BCUT2D eigenvalue weighted by molar-refractivity contribution is 7.89. The second kappa shape index (κ2) is 2.43. The third-order valence-corrected chi connectivity index (χ3v) is 1.91. The van der Waals surface area contributed by atoms with Crippen molar-refractivity contribution in [1.29, 1.82) is 0 Å². The van der Waals surface area contributed by atoms with E-state index in [1.807, 2.05) is 0 Å². The van der Waals surface area contributed by atoms with Crippen molar-refractivity contribution in [1.82, 2.24) is 0 Å². The van der Waals surface area contributed by atoms with Crippen molar-refractivity contribution < 1.29 is 13.2 Å². The number of primary sulfonamides is 1. The summed E-state index contributed by atoms with van der Waals surface area (Å²) < 4.78 is 24.8. The lowest BCUT2D eigenvalue weighted by molar-refractivity contribution is 0.178. The zero-order valence-electron chi connectivity index (χ0n) is 4.79. The summed E-state index contributed by atoms with van der Waals surface area (Å²) in [6.45, 7) is 1.37. The van der Waals surface area contributed by atoms with Gasteiger partial charge in [-0.3, -0.25) is 0 Å². The molecule has 0 saturated heterocycles. The quantitative estimate of drug-likeness (QED) is 0.548. The van der Waals surface area contributed by atoms with Gasteiger partial charge in [0.15, 0.2) is 5.44 Å². The lowest BCUT2D eigenvalue weighted by Crippen LogP contribution is -2.26. The molecular weight excluding hydrogens is 130 g/mol. The van der Waals surface area contributed by atoms with E-state index in [1.54, 1.807) is 0 Å². The Morgan fingerprint density at radius 2 is 2.00 bits per heavy atom. The first-order valence-electron chi connectivity index (χ1n) is 2.03. The molecule has 0 aliphatic rings. The van der Waals surface area contributed by atoms with Crippen LogP contribution in [0.1, 0.15) is 6.92 Å². The van der Waals surface area contributed by atoms with E-state index in [9.17, 15) is 8.42 Å². The molecule has 0 aliphatic carbocycles. The largest absolute Gasteiger partial charge is 0.364 e. The Kier molecular flexibility index (Phi) is 2.39. The molecule has 0 spiro atoms. The lowest BCUT2D eigenvalue weighted by atomic mass is 10.9. The van der Waals surface area contributed by atoms with E-state index in [-0.39, 0.29) is 0 Å². The number of nitrogens with two attached hydrogens (primary N) is 1. The molecule has 0 aromatic rings. The fraction of sp³-hybridized carbons (Fsp3) is 1.00. The molecule has 0 amide bonds. The van der Waals surface area contributed by atoms with Crippen molar-refractivity contribution in [2.45, 2.75) is 12.4 Å². The number of rotatable bonds is 2. The first kappa shape index (κ1) is 7.87. The summed E-state index contributed by atoms with van der Waals surface area (Å²) in [5.74, 6) is 0. The lowest BCUT2D eigenvalue weighted by Gasteiger charge is -2.03. The monoisotopic (exact) mass is 139 g/mol. The fourth-order valence-corrected chi connectivity index (χ4v) is 0.402. The third kappa shape index (κ3) is 2.25. The van der Waals surface area contributed by atoms with E-state index in [0.717, 1.165) is 0 Å². The minimum absolute atomic E-state index is 0.900. The minimum Gasteiger partial charge on any atom is -0.364 e. The predicted octanol–water partition coefficient (Wildman–Crippen LogP) is -0.733. The highest BCUT2D eigenvalue weighted by atomic mass is 32.2. The van der Waals surface area contributed by atoms with Crippen molar-refractivity contribution in [2.24, 2.45) is 5.14 Å². The summed E-state index contributed by atoms with van der Waals surface area (Å²) in [6, 6.07) is 0. The van der Waals surface area contributed by atoms with Crippen LogP contribution in [0.25, 0.3) is 0 Å². The molecule has 0 radical (unpaired) electrons. The van der Waals surface area contributed by atoms with E-state index >= 15 is 0 Å². The zero-order valence-corrected chi connectivity index (χ0v) is 5.60. The van der Waals surface area contributed by atoms with Gasteiger partial charge in [-0.25, -0.2) is 13.6 Å². The number of sulfonamides is 1. The smallest absolute Gasteiger partial charge is 0.235 e. The Labute approximate surface area is 48.7 Å². The van der Waals surface area contributed by atoms with Gasteiger partial charge in [-0.2, -0.15) is 0 Å². The normalized spacial score (nSPS) is 15.9. The summed E-state index contributed by atoms with van der Waals surface area (Å²) >= 11 is 0. The predicted molar refractivity (Wildman–Crippen MR) is 29.6 cm³/mol. The summed E-state index contributed by atoms with van der Waals surface area (Å²) in [5, 5.41) is 4.64. The van der Waals surface area contributed by atoms with Crippen molar-refractivity contribution in [3.63, 3.8) is 0 Å². The van der Waals surface area contributed by atoms with Gasteiger partial charge in [0.1, 0.15) is 0 Å². The van der Waals surface area contributed by atoms with Crippen LogP contribution in [0.15, 0.2) is 0 Å². The highest BCUT2D eigenvalue weighted by Gasteiger charge is 2.12. The molecule has 8 heavy (non-hydrogen) atoms. The number of hydrogen-bond acceptors (Lipinski definition) is 3. The third-order valence-electron chi connectivity index (χ3n) is 0.795. The molecule has 0 aromatic heterocycles. The molecule has 0 rings (SSSR count). The molecule has 0 saturated carbocycles. The van der Waals surface area contributed by atoms with Crippen LogP contribution < -0.4 is 5.14 Å². The van der Waals surface area contributed by atoms with Crippen molar-refractivity contribution in [3.8, 4) is 0 Å². The fourth-order valence-electron chi connectivity index (χ4n) is 0.134. The van der Waals surface area contributed by atoms with Gasteiger partial charge < -0.3 is 4.74 Å². The summed E-state index contributed by atoms with van der Waals surface area (Å²) in [7, 11) is -2.19. The van der Waals surface area contributed by atoms with Gasteiger partial charge in [-0.1, -0.05) is 0 Å². The molecular formula is C3H9NO3S. The van der Waals surface area contributed by atoms with Crippen molar-refractivity contribution >= 4 is 10.0 Å². The molecule has 5 heteroatoms. The number of ether oxygens (including phenoxy) is 1. The standard InChI is InChI=1S/C3H9NO3S/c1-3(7-2)8(4,5)6/h3H,1-2H3,(H2,4,5,6). The molecule has 0 fully saturated rings. The van der Waals surface area contributed by atoms with E-state index < -0.39 is 15.5 Å². The number of methoxy groups -OCH3 is 1. The molecule has 0 bridgehead atoms. The Morgan fingerprint density at radius 1 is 1.62 bits per heavy atom. The maximum Gasteiger partial charge on any atom is 0.235 e. The first-order chi connectivity index (χ1) is 3.48. The van der Waals surface area contributed by atoms with E-state index in [0.29, 0.717) is 0 Å². The summed E-state index contributed by atoms with van der Waals surface area (Å²) in [5.41, 5.74) is -0.900. The second-order valence-electron chi connectivity index (χ2n) is 1.39. The Bertz CT molecular complexity index is 150. The molecule has 1 unspecified atom stereocenters. The van der Waals surface area contributed by atoms with Gasteiger partial charge in [0.05, 0.1) is 0 Å². The van der Waals surface area contributed by atoms with Gasteiger partial charge in [-0.15, -0.1) is 0 Å². The van der Waals surface area contributed by atoms with Crippen LogP contribution in [0.4, 0.5) is 0 Å². The molecule has 4 nitrogen and oxygen atoms in total. The van der Waals surface area contributed by atoms with Gasteiger partial charge in [0.25, 0.3) is 0 Å². The van der Waals surface area contributed by atoms with Gasteiger partial charge in [0.2, 0.25) is 10.0 Å². The van der Waals surface area contributed by atoms with Crippen LogP contribution >= 0.6 is 0 Å². The van der Waals surface area contributed by atoms with Crippen molar-refractivity contribution in [3.05, 3.63) is 0 Å². The van der Waals surface area contributed by atoms with Crippen LogP contribution in [-0.2, 0) is 14.8 Å². The summed E-state index contributed by atoms with van der Waals surface area (Å²) in [4.78, 5) is 0. The van der Waals surface area contributed by atoms with E-state index in [1.165, 1.54) is 14.0 Å². The molecule has 0 heterocycles. The van der Waals surface area contributed by atoms with E-state index in [2.05, 4.69) is 9.88 Å². The second-order valence-corrected chi connectivity index (χ2v) is 3.23. The van der Waals surface area contributed by atoms with E-state index in [4.69, 9.17) is 0 Å². The molecule has 0 aliphatic heterocycles. The van der Waals surface area contributed by atoms with Gasteiger partial charge in [-0.05, 0) is 6.92 Å². The van der Waals surface area contributed by atoms with Gasteiger partial charge in [0, 0.05) is 7.11 Å². The van der Waals surface area contributed by atoms with Crippen molar-refractivity contribution in [2.75, 3.05) is 7.11 Å². The van der Waals surface area contributed by atoms with Crippen LogP contribution in [0.3, 0.4) is 0 Å². The molecule has 2 N–H and O–H groups in total. The van der Waals surface area contributed by atoms with Gasteiger partial charge >= 0.3 is 0 Å².